The molecule has 39 heavy (non-hydrogen) atoms. The lowest BCUT2D eigenvalue weighted by atomic mass is 9.67. The van der Waals surface area contributed by atoms with Crippen LogP contribution in [0.5, 0.6) is 11.5 Å². The largest absolute Gasteiger partial charge is 0.466 e. The summed E-state index contributed by atoms with van der Waals surface area (Å²) in [5, 5.41) is 4.90. The molecule has 2 nitrogen and oxygen atoms in total. The van der Waals surface area contributed by atoms with Crippen molar-refractivity contribution >= 4 is 21.5 Å². The summed E-state index contributed by atoms with van der Waals surface area (Å²) in [5.74, 6) is 1.52. The summed E-state index contributed by atoms with van der Waals surface area (Å²) in [4.78, 5) is 0. The minimum Gasteiger partial charge on any atom is -0.466 e. The zero-order chi connectivity index (χ0) is 26.4. The van der Waals surface area contributed by atoms with Crippen LogP contribution in [0.2, 0.25) is 0 Å². The van der Waals surface area contributed by atoms with Crippen LogP contribution in [-0.4, -0.2) is 0 Å². The van der Waals surface area contributed by atoms with Crippen molar-refractivity contribution in [3.8, 4) is 22.6 Å². The second kappa shape index (κ2) is 9.04. The van der Waals surface area contributed by atoms with Crippen LogP contribution in [0.1, 0.15) is 22.3 Å². The van der Waals surface area contributed by atoms with E-state index in [1.54, 1.807) is 0 Å². The van der Waals surface area contributed by atoms with Crippen LogP contribution >= 0.6 is 0 Å². The van der Waals surface area contributed by atoms with E-state index in [1.165, 1.54) is 67.4 Å². The molecule has 0 radical (unpaired) electrons. The molecule has 0 N–H and O–H groups in total. The van der Waals surface area contributed by atoms with Crippen molar-refractivity contribution in [1.29, 1.82) is 0 Å². The number of hydrogen-bond donors (Lipinski definition) is 0. The Morgan fingerprint density at radius 2 is 0.821 bits per heavy atom. The van der Waals surface area contributed by atoms with E-state index in [1.807, 2.05) is 24.3 Å². The van der Waals surface area contributed by atoms with Crippen LogP contribution in [0.3, 0.4) is 0 Å². The van der Waals surface area contributed by atoms with Gasteiger partial charge in [-0.1, -0.05) is 86.0 Å². The van der Waals surface area contributed by atoms with E-state index in [0.29, 0.717) is 0 Å². The van der Waals surface area contributed by atoms with Crippen molar-refractivity contribution in [3.63, 3.8) is 0 Å². The summed E-state index contributed by atoms with van der Waals surface area (Å²) in [7, 11) is 0. The lowest BCUT2D eigenvalue weighted by molar-refractivity contribution is 0.482. The monoisotopic (exact) mass is 502 g/mol. The first-order valence-electron chi connectivity index (χ1n) is 13.1. The van der Waals surface area contributed by atoms with Gasteiger partial charge in [0.2, 0.25) is 0 Å². The number of ether oxygens (including phenoxy) is 2. The van der Waals surface area contributed by atoms with Crippen molar-refractivity contribution in [2.24, 2.45) is 0 Å². The predicted molar refractivity (Wildman–Crippen MR) is 160 cm³/mol. The Kier molecular flexibility index (Phi) is 5.35. The average Bonchev–Trinajstić information content (AvgIpc) is 3.25. The van der Waals surface area contributed by atoms with Gasteiger partial charge in [-0.2, -0.15) is 0 Å². The van der Waals surface area contributed by atoms with Gasteiger partial charge in [-0.3, -0.25) is 0 Å². The Bertz CT molecular complexity index is 1740. The zero-order valence-corrected chi connectivity index (χ0v) is 21.4. The van der Waals surface area contributed by atoms with E-state index in [4.69, 9.17) is 9.47 Å². The normalized spacial score (nSPS) is 13.0. The molecule has 0 heterocycles. The smallest absolute Gasteiger partial charge is 0.126 e. The molecule has 0 bridgehead atoms. The van der Waals surface area contributed by atoms with E-state index in [9.17, 15) is 0 Å². The Morgan fingerprint density at radius 3 is 1.18 bits per heavy atom. The fraction of sp³-hybridized carbons (Fsp3) is 0.0270. The summed E-state index contributed by atoms with van der Waals surface area (Å²) in [6.45, 7) is 7.43. The molecule has 0 spiro atoms. The van der Waals surface area contributed by atoms with Gasteiger partial charge in [0.25, 0.3) is 0 Å². The highest BCUT2D eigenvalue weighted by atomic mass is 16.5. The first-order valence-corrected chi connectivity index (χ1v) is 13.1. The minimum atomic E-state index is -0.544. The molecular formula is C37H26O2. The highest BCUT2D eigenvalue weighted by molar-refractivity contribution is 6.00. The standard InChI is InChI=1S/C37H26O2/c1-3-38-31-17-13-29(14-18-31)37(30-15-19-32(20-16-30)39-4-2)35-23-27-11-7-5-9-25(27)21-33(35)34-22-26-10-6-8-12-28(26)24-36(34)37/h3-24H,1-2H2. The molecule has 0 unspecified atom stereocenters. The van der Waals surface area contributed by atoms with Crippen LogP contribution in [0.4, 0.5) is 0 Å². The van der Waals surface area contributed by atoms with E-state index in [0.717, 1.165) is 11.5 Å². The van der Waals surface area contributed by atoms with Gasteiger partial charge >= 0.3 is 0 Å². The first-order chi connectivity index (χ1) is 19.2. The molecule has 0 aliphatic heterocycles. The second-order valence-electron chi connectivity index (χ2n) is 9.86. The number of hydrogen-bond acceptors (Lipinski definition) is 2. The fourth-order valence-electron chi connectivity index (χ4n) is 6.24. The lowest BCUT2D eigenvalue weighted by Crippen LogP contribution is -2.28. The minimum absolute atomic E-state index is 0.544. The van der Waals surface area contributed by atoms with E-state index in [2.05, 4.69) is 110 Å². The maximum atomic E-state index is 5.60. The average molecular weight is 503 g/mol. The molecule has 1 aliphatic carbocycles. The molecule has 0 atom stereocenters. The van der Waals surface area contributed by atoms with Crippen molar-refractivity contribution in [3.05, 3.63) is 169 Å². The Hall–Kier alpha value is -5.08. The van der Waals surface area contributed by atoms with Gasteiger partial charge in [0, 0.05) is 0 Å². The molecule has 1 aliphatic rings. The van der Waals surface area contributed by atoms with Crippen LogP contribution in [0, 0.1) is 0 Å². The molecule has 0 fully saturated rings. The van der Waals surface area contributed by atoms with Gasteiger partial charge < -0.3 is 9.47 Å². The molecule has 6 aromatic rings. The van der Waals surface area contributed by atoms with E-state index in [-0.39, 0.29) is 0 Å². The van der Waals surface area contributed by atoms with Gasteiger partial charge in [-0.05, 0) is 103 Å². The van der Waals surface area contributed by atoms with Crippen LogP contribution in [0.25, 0.3) is 32.7 Å². The molecular weight excluding hydrogens is 476 g/mol. The van der Waals surface area contributed by atoms with Crippen molar-refractivity contribution in [1.82, 2.24) is 0 Å². The SMILES string of the molecule is C=COc1ccc(C2(c3ccc(OC=C)cc3)c3cc4ccccc4cc3-c3cc4ccccc4cc32)cc1. The van der Waals surface area contributed by atoms with Crippen LogP contribution in [-0.2, 0) is 5.41 Å². The van der Waals surface area contributed by atoms with Crippen molar-refractivity contribution in [2.75, 3.05) is 0 Å². The fourth-order valence-corrected chi connectivity index (χ4v) is 6.24. The van der Waals surface area contributed by atoms with Crippen molar-refractivity contribution in [2.45, 2.75) is 5.41 Å². The van der Waals surface area contributed by atoms with Gasteiger partial charge in [0.05, 0.1) is 17.9 Å². The molecule has 0 aromatic heterocycles. The maximum absolute atomic E-state index is 5.60. The number of rotatable bonds is 6. The molecule has 0 saturated heterocycles. The van der Waals surface area contributed by atoms with E-state index >= 15 is 0 Å². The van der Waals surface area contributed by atoms with Gasteiger partial charge in [-0.25, -0.2) is 0 Å². The van der Waals surface area contributed by atoms with Gasteiger partial charge in [-0.15, -0.1) is 0 Å². The zero-order valence-electron chi connectivity index (χ0n) is 21.4. The summed E-state index contributed by atoms with van der Waals surface area (Å²) in [6, 6.07) is 43.4. The first kappa shape index (κ1) is 23.1. The molecule has 6 aromatic carbocycles. The third-order valence-corrected chi connectivity index (χ3v) is 7.88. The highest BCUT2D eigenvalue weighted by Crippen LogP contribution is 2.57. The predicted octanol–water partition coefficient (Wildman–Crippen LogP) is 9.40. The van der Waals surface area contributed by atoms with Crippen LogP contribution < -0.4 is 9.47 Å². The summed E-state index contributed by atoms with van der Waals surface area (Å²) >= 11 is 0. The third-order valence-electron chi connectivity index (χ3n) is 7.88. The number of benzene rings is 6. The molecule has 0 amide bonds. The molecule has 7 rings (SSSR count). The summed E-state index contributed by atoms with van der Waals surface area (Å²) in [6.07, 6.45) is 2.92. The van der Waals surface area contributed by atoms with Crippen molar-refractivity contribution < 1.29 is 9.47 Å². The second-order valence-corrected chi connectivity index (χ2v) is 9.86. The molecule has 0 saturated carbocycles. The summed E-state index contributed by atoms with van der Waals surface area (Å²) < 4.78 is 11.2. The summed E-state index contributed by atoms with van der Waals surface area (Å²) in [5.41, 5.74) is 6.84. The Labute approximate surface area is 228 Å². The number of fused-ring (bicyclic) bond motifs is 5. The molecule has 2 heteroatoms. The van der Waals surface area contributed by atoms with E-state index < -0.39 is 5.41 Å². The van der Waals surface area contributed by atoms with Gasteiger partial charge in [0.15, 0.2) is 0 Å². The van der Waals surface area contributed by atoms with Gasteiger partial charge in [0.1, 0.15) is 11.5 Å². The topological polar surface area (TPSA) is 18.5 Å². The molecule has 186 valence electrons. The van der Waals surface area contributed by atoms with Crippen LogP contribution in [0.15, 0.2) is 147 Å². The lowest BCUT2D eigenvalue weighted by Gasteiger charge is -2.34. The Balaban J connectivity index is 1.62. The quantitative estimate of drug-likeness (QED) is 0.211. The maximum Gasteiger partial charge on any atom is 0.126 e. The highest BCUT2D eigenvalue weighted by Gasteiger charge is 2.46. The third kappa shape index (κ3) is 3.49. The Morgan fingerprint density at radius 1 is 0.462 bits per heavy atom.